The highest BCUT2D eigenvalue weighted by Gasteiger charge is 2.42. The molecule has 1 heterocycles. The molecule has 6 nitrogen and oxygen atoms in total. The van der Waals surface area contributed by atoms with Gasteiger partial charge in [0.1, 0.15) is 17.2 Å². The van der Waals surface area contributed by atoms with Gasteiger partial charge < -0.3 is 9.47 Å². The van der Waals surface area contributed by atoms with Crippen molar-refractivity contribution >= 4 is 29.4 Å². The Morgan fingerprint density at radius 1 is 0.667 bits per heavy atom. The Hall–Kier alpha value is -4.06. The highest BCUT2D eigenvalue weighted by Crippen LogP contribution is 2.34. The van der Waals surface area contributed by atoms with Crippen molar-refractivity contribution in [3.63, 3.8) is 0 Å². The van der Waals surface area contributed by atoms with Crippen LogP contribution in [0.5, 0.6) is 11.5 Å². The van der Waals surface area contributed by atoms with Crippen molar-refractivity contribution in [1.29, 1.82) is 0 Å². The first-order valence-electron chi connectivity index (χ1n) is 9.36. The minimum absolute atomic E-state index is 0.271. The molecular weight excluding hydrogens is 380 g/mol. The van der Waals surface area contributed by atoms with E-state index >= 15 is 0 Å². The molecule has 0 atom stereocenters. The summed E-state index contributed by atoms with van der Waals surface area (Å²) in [6, 6.07) is 22.8. The lowest BCUT2D eigenvalue weighted by Gasteiger charge is -2.18. The van der Waals surface area contributed by atoms with Crippen molar-refractivity contribution < 1.29 is 19.1 Å². The molecule has 3 aromatic rings. The van der Waals surface area contributed by atoms with E-state index in [0.29, 0.717) is 22.9 Å². The number of anilines is 2. The van der Waals surface area contributed by atoms with Crippen LogP contribution < -0.4 is 19.3 Å². The normalized spacial score (nSPS) is 15.1. The Bertz CT molecular complexity index is 1090. The van der Waals surface area contributed by atoms with Gasteiger partial charge in [-0.1, -0.05) is 30.3 Å². The van der Waals surface area contributed by atoms with E-state index in [9.17, 15) is 9.59 Å². The smallest absolute Gasteiger partial charge is 0.340 e. The van der Waals surface area contributed by atoms with Crippen LogP contribution >= 0.6 is 0 Å². The first kappa shape index (κ1) is 19.3. The zero-order valence-corrected chi connectivity index (χ0v) is 16.6. The number of urea groups is 1. The van der Waals surface area contributed by atoms with E-state index in [1.807, 2.05) is 30.3 Å². The van der Waals surface area contributed by atoms with E-state index < -0.39 is 11.9 Å². The van der Waals surface area contributed by atoms with E-state index in [4.69, 9.17) is 9.47 Å². The van der Waals surface area contributed by atoms with Crippen LogP contribution in [0.2, 0.25) is 0 Å². The first-order chi connectivity index (χ1) is 14.6. The van der Waals surface area contributed by atoms with Gasteiger partial charge in [0.15, 0.2) is 0 Å². The molecule has 0 unspecified atom stereocenters. The molecule has 1 fully saturated rings. The van der Waals surface area contributed by atoms with E-state index in [0.717, 1.165) is 5.56 Å². The molecule has 0 aromatic heterocycles. The third kappa shape index (κ3) is 3.51. The van der Waals surface area contributed by atoms with Gasteiger partial charge in [-0.25, -0.2) is 9.69 Å². The lowest BCUT2D eigenvalue weighted by molar-refractivity contribution is -0.113. The largest absolute Gasteiger partial charge is 0.497 e. The fourth-order valence-corrected chi connectivity index (χ4v) is 3.27. The maximum atomic E-state index is 13.4. The maximum absolute atomic E-state index is 13.4. The summed E-state index contributed by atoms with van der Waals surface area (Å²) in [4.78, 5) is 29.3. The summed E-state index contributed by atoms with van der Waals surface area (Å²) >= 11 is 0. The number of ether oxygens (including phenoxy) is 2. The highest BCUT2D eigenvalue weighted by atomic mass is 16.5. The Labute approximate surface area is 174 Å². The lowest BCUT2D eigenvalue weighted by atomic mass is 10.1. The topological polar surface area (TPSA) is 59.1 Å². The summed E-state index contributed by atoms with van der Waals surface area (Å²) < 4.78 is 10.4. The van der Waals surface area contributed by atoms with Crippen molar-refractivity contribution in [3.8, 4) is 11.5 Å². The predicted molar refractivity (Wildman–Crippen MR) is 116 cm³/mol. The van der Waals surface area contributed by atoms with E-state index in [2.05, 4.69) is 0 Å². The minimum Gasteiger partial charge on any atom is -0.497 e. The second-order valence-corrected chi connectivity index (χ2v) is 6.59. The SMILES string of the molecule is COc1ccc(N2C(=O)/C(=C\c3ccccc3)N(c3ccc(OC)cc3)C2=O)cc1. The number of nitrogens with zero attached hydrogens (tertiary/aromatic N) is 2. The Kier molecular flexibility index (Phi) is 5.22. The van der Waals surface area contributed by atoms with Crippen molar-refractivity contribution in [1.82, 2.24) is 0 Å². The quantitative estimate of drug-likeness (QED) is 0.459. The number of carbonyl (C=O) groups is 2. The minimum atomic E-state index is -0.447. The van der Waals surface area contributed by atoms with Gasteiger partial charge in [0.05, 0.1) is 25.6 Å². The average Bonchev–Trinajstić information content (AvgIpc) is 3.04. The molecule has 0 bridgehead atoms. The van der Waals surface area contributed by atoms with Crippen LogP contribution in [0.25, 0.3) is 6.08 Å². The van der Waals surface area contributed by atoms with Gasteiger partial charge in [-0.3, -0.25) is 9.69 Å². The molecule has 3 aromatic carbocycles. The second-order valence-electron chi connectivity index (χ2n) is 6.59. The van der Waals surface area contributed by atoms with E-state index in [-0.39, 0.29) is 5.70 Å². The van der Waals surface area contributed by atoms with Crippen molar-refractivity contribution in [2.45, 2.75) is 0 Å². The maximum Gasteiger partial charge on any atom is 0.340 e. The molecule has 30 heavy (non-hydrogen) atoms. The molecule has 0 aliphatic carbocycles. The summed E-state index contributed by atoms with van der Waals surface area (Å²) in [5.74, 6) is 0.909. The molecule has 1 saturated heterocycles. The van der Waals surface area contributed by atoms with E-state index in [1.54, 1.807) is 68.8 Å². The second kappa shape index (κ2) is 8.13. The molecule has 150 valence electrons. The van der Waals surface area contributed by atoms with Gasteiger partial charge >= 0.3 is 6.03 Å². The summed E-state index contributed by atoms with van der Waals surface area (Å²) in [5.41, 5.74) is 2.14. The number of hydrogen-bond donors (Lipinski definition) is 0. The van der Waals surface area contributed by atoms with Gasteiger partial charge in [-0.05, 0) is 60.2 Å². The molecule has 3 amide bonds. The first-order valence-corrected chi connectivity index (χ1v) is 9.36. The monoisotopic (exact) mass is 400 g/mol. The number of amides is 3. The number of hydrogen-bond acceptors (Lipinski definition) is 4. The molecule has 4 rings (SSSR count). The number of benzene rings is 3. The van der Waals surface area contributed by atoms with Gasteiger partial charge in [0.2, 0.25) is 0 Å². The van der Waals surface area contributed by atoms with Gasteiger partial charge in [-0.15, -0.1) is 0 Å². The Morgan fingerprint density at radius 2 is 1.17 bits per heavy atom. The third-order valence-electron chi connectivity index (χ3n) is 4.81. The molecule has 0 saturated carbocycles. The number of imide groups is 1. The number of methoxy groups -OCH3 is 2. The van der Waals surface area contributed by atoms with Crippen molar-refractivity contribution in [2.24, 2.45) is 0 Å². The van der Waals surface area contributed by atoms with E-state index in [1.165, 1.54) is 9.80 Å². The molecule has 6 heteroatoms. The fourth-order valence-electron chi connectivity index (χ4n) is 3.27. The van der Waals surface area contributed by atoms with Crippen molar-refractivity contribution in [2.75, 3.05) is 24.0 Å². The van der Waals surface area contributed by atoms with Gasteiger partial charge in [0.25, 0.3) is 5.91 Å². The van der Waals surface area contributed by atoms with Crippen LogP contribution in [0.15, 0.2) is 84.6 Å². The zero-order valence-electron chi connectivity index (χ0n) is 16.6. The predicted octanol–water partition coefficient (Wildman–Crippen LogP) is 4.72. The zero-order chi connectivity index (χ0) is 21.1. The van der Waals surface area contributed by atoms with Crippen LogP contribution in [0, 0.1) is 0 Å². The Balaban J connectivity index is 1.80. The lowest BCUT2D eigenvalue weighted by Crippen LogP contribution is -2.32. The third-order valence-corrected chi connectivity index (χ3v) is 4.81. The van der Waals surface area contributed by atoms with Crippen LogP contribution in [0.3, 0.4) is 0 Å². The Morgan fingerprint density at radius 3 is 1.67 bits per heavy atom. The number of rotatable bonds is 5. The van der Waals surface area contributed by atoms with Gasteiger partial charge in [-0.2, -0.15) is 0 Å². The molecule has 0 N–H and O–H groups in total. The van der Waals surface area contributed by atoms with Gasteiger partial charge in [0, 0.05) is 0 Å². The summed E-state index contributed by atoms with van der Waals surface area (Å²) in [6.07, 6.45) is 1.72. The van der Waals surface area contributed by atoms with Crippen LogP contribution in [-0.2, 0) is 4.79 Å². The molecule has 1 aliphatic heterocycles. The molecule has 1 aliphatic rings. The van der Waals surface area contributed by atoms with Crippen LogP contribution in [0.4, 0.5) is 16.2 Å². The van der Waals surface area contributed by atoms with Crippen LogP contribution in [0.1, 0.15) is 5.56 Å². The fraction of sp³-hybridized carbons (Fsp3) is 0.0833. The average molecular weight is 400 g/mol. The number of carbonyl (C=O) groups excluding carboxylic acids is 2. The summed E-state index contributed by atoms with van der Waals surface area (Å²) in [7, 11) is 3.14. The summed E-state index contributed by atoms with van der Waals surface area (Å²) in [6.45, 7) is 0. The highest BCUT2D eigenvalue weighted by molar-refractivity contribution is 6.35. The molecule has 0 radical (unpaired) electrons. The van der Waals surface area contributed by atoms with Crippen molar-refractivity contribution in [3.05, 3.63) is 90.1 Å². The van der Waals surface area contributed by atoms with Crippen LogP contribution in [-0.4, -0.2) is 26.2 Å². The standard InChI is InChI=1S/C24H20N2O4/c1-29-20-12-8-18(9-13-20)25-22(16-17-6-4-3-5-7-17)23(27)26(24(25)28)19-10-14-21(30-2)15-11-19/h3-16H,1-2H3/b22-16+. The molecular formula is C24H20N2O4. The summed E-state index contributed by atoms with van der Waals surface area (Å²) in [5, 5.41) is 0. The molecule has 0 spiro atoms.